The summed E-state index contributed by atoms with van der Waals surface area (Å²) in [6.07, 6.45) is 13.5. The Morgan fingerprint density at radius 2 is 1.23 bits per heavy atom. The van der Waals surface area contributed by atoms with Crippen LogP contribution in [0.2, 0.25) is 0 Å². The Hall–Kier alpha value is -1.63. The lowest BCUT2D eigenvalue weighted by molar-refractivity contribution is 0.263. The van der Waals surface area contributed by atoms with Crippen LogP contribution in [-0.4, -0.2) is 6.67 Å². The highest BCUT2D eigenvalue weighted by Crippen LogP contribution is 2.42. The van der Waals surface area contributed by atoms with Gasteiger partial charge in [0.25, 0.3) is 0 Å². The van der Waals surface area contributed by atoms with Crippen LogP contribution in [0.25, 0.3) is 0 Å². The summed E-state index contributed by atoms with van der Waals surface area (Å²) in [6.45, 7) is 2.16. The van der Waals surface area contributed by atoms with E-state index in [-0.39, 0.29) is 6.67 Å². The summed E-state index contributed by atoms with van der Waals surface area (Å²) in [5, 5.41) is 0. The average Bonchev–Trinajstić information content (AvgIpc) is 2.83. The van der Waals surface area contributed by atoms with Gasteiger partial charge in [0.05, 0.1) is 6.67 Å². The zero-order chi connectivity index (χ0) is 20.8. The molecule has 0 bridgehead atoms. The Balaban J connectivity index is 1.33. The first-order valence-electron chi connectivity index (χ1n) is 12.5. The Labute approximate surface area is 183 Å². The maximum atomic E-state index is 12.9. The zero-order valence-electron chi connectivity index (χ0n) is 18.8. The number of hydrogen-bond acceptors (Lipinski definition) is 0. The van der Waals surface area contributed by atoms with Crippen LogP contribution in [-0.2, 0) is 6.42 Å². The SMILES string of the molecule is CCCCc1ccccc1C1CCC(c2ccc(C3CCC(CF)CC3)cc2)CC1. The molecular formula is C29H39F. The van der Waals surface area contributed by atoms with Crippen LogP contribution in [0.3, 0.4) is 0 Å². The number of aryl methyl sites for hydroxylation is 1. The van der Waals surface area contributed by atoms with Crippen molar-refractivity contribution in [3.63, 3.8) is 0 Å². The van der Waals surface area contributed by atoms with Gasteiger partial charge in [-0.3, -0.25) is 4.39 Å². The van der Waals surface area contributed by atoms with E-state index in [1.165, 1.54) is 56.1 Å². The first kappa shape index (κ1) is 21.6. The summed E-state index contributed by atoms with van der Waals surface area (Å²) in [6, 6.07) is 18.7. The number of halogens is 1. The molecule has 0 aliphatic heterocycles. The van der Waals surface area contributed by atoms with Crippen molar-refractivity contribution in [2.24, 2.45) is 5.92 Å². The average molecular weight is 407 g/mol. The fraction of sp³-hybridized carbons (Fsp3) is 0.586. The molecule has 0 heterocycles. The van der Waals surface area contributed by atoms with Crippen LogP contribution in [0, 0.1) is 5.92 Å². The smallest absolute Gasteiger partial charge is 0.0922 e. The zero-order valence-corrected chi connectivity index (χ0v) is 18.8. The van der Waals surface area contributed by atoms with Crippen LogP contribution in [0.1, 0.15) is 111 Å². The van der Waals surface area contributed by atoms with E-state index in [1.54, 1.807) is 11.1 Å². The van der Waals surface area contributed by atoms with Crippen molar-refractivity contribution in [1.82, 2.24) is 0 Å². The van der Waals surface area contributed by atoms with Gasteiger partial charge in [0.1, 0.15) is 0 Å². The third-order valence-corrected chi connectivity index (χ3v) is 7.97. The van der Waals surface area contributed by atoms with Crippen molar-refractivity contribution < 1.29 is 4.39 Å². The lowest BCUT2D eigenvalue weighted by atomic mass is 9.74. The van der Waals surface area contributed by atoms with Gasteiger partial charge in [0, 0.05) is 0 Å². The molecule has 2 aliphatic rings. The highest BCUT2D eigenvalue weighted by atomic mass is 19.1. The van der Waals surface area contributed by atoms with E-state index in [4.69, 9.17) is 0 Å². The molecule has 4 rings (SSSR count). The van der Waals surface area contributed by atoms with Crippen molar-refractivity contribution in [3.05, 3.63) is 70.8 Å². The fourth-order valence-electron chi connectivity index (χ4n) is 5.96. The molecule has 162 valence electrons. The molecule has 0 unspecified atom stereocenters. The second-order valence-corrected chi connectivity index (χ2v) is 9.89. The van der Waals surface area contributed by atoms with Crippen molar-refractivity contribution in [2.45, 2.75) is 95.3 Å². The Morgan fingerprint density at radius 3 is 1.80 bits per heavy atom. The summed E-state index contributed by atoms with van der Waals surface area (Å²) >= 11 is 0. The van der Waals surface area contributed by atoms with E-state index in [9.17, 15) is 4.39 Å². The van der Waals surface area contributed by atoms with Crippen molar-refractivity contribution >= 4 is 0 Å². The van der Waals surface area contributed by atoms with E-state index in [0.29, 0.717) is 11.8 Å². The van der Waals surface area contributed by atoms with Gasteiger partial charge in [0.15, 0.2) is 0 Å². The maximum Gasteiger partial charge on any atom is 0.0922 e. The van der Waals surface area contributed by atoms with Gasteiger partial charge < -0.3 is 0 Å². The molecule has 0 atom stereocenters. The van der Waals surface area contributed by atoms with E-state index >= 15 is 0 Å². The summed E-state index contributed by atoms with van der Waals surface area (Å²) in [5.74, 6) is 2.44. The van der Waals surface area contributed by atoms with Gasteiger partial charge in [-0.05, 0) is 110 Å². The Bertz CT molecular complexity index is 761. The number of benzene rings is 2. The van der Waals surface area contributed by atoms with Crippen LogP contribution in [0.5, 0.6) is 0 Å². The Kier molecular flexibility index (Phi) is 7.63. The van der Waals surface area contributed by atoms with Crippen molar-refractivity contribution in [2.75, 3.05) is 6.67 Å². The molecule has 2 fully saturated rings. The predicted molar refractivity (Wildman–Crippen MR) is 126 cm³/mol. The second-order valence-electron chi connectivity index (χ2n) is 9.89. The van der Waals surface area contributed by atoms with Crippen LogP contribution in [0.4, 0.5) is 4.39 Å². The molecule has 2 saturated carbocycles. The van der Waals surface area contributed by atoms with Gasteiger partial charge in [0.2, 0.25) is 0 Å². The third kappa shape index (κ3) is 5.16. The molecule has 0 amide bonds. The minimum atomic E-state index is -0.128. The first-order valence-corrected chi connectivity index (χ1v) is 12.5. The van der Waals surface area contributed by atoms with Crippen LogP contribution >= 0.6 is 0 Å². The fourth-order valence-corrected chi connectivity index (χ4v) is 5.96. The minimum Gasteiger partial charge on any atom is -0.251 e. The van der Waals surface area contributed by atoms with Crippen molar-refractivity contribution in [1.29, 1.82) is 0 Å². The molecular weight excluding hydrogens is 367 g/mol. The van der Waals surface area contributed by atoms with E-state index < -0.39 is 0 Å². The molecule has 30 heavy (non-hydrogen) atoms. The lowest BCUT2D eigenvalue weighted by Gasteiger charge is -2.31. The quantitative estimate of drug-likeness (QED) is 0.431. The predicted octanol–water partition coefficient (Wildman–Crippen LogP) is 8.71. The lowest BCUT2D eigenvalue weighted by Crippen LogP contribution is -2.15. The monoisotopic (exact) mass is 406 g/mol. The molecule has 1 heteroatoms. The molecule has 2 aliphatic carbocycles. The van der Waals surface area contributed by atoms with E-state index in [0.717, 1.165) is 37.5 Å². The first-order chi connectivity index (χ1) is 14.8. The van der Waals surface area contributed by atoms with Crippen molar-refractivity contribution in [3.8, 4) is 0 Å². The number of hydrogen-bond donors (Lipinski definition) is 0. The normalized spacial score (nSPS) is 27.1. The number of unbranched alkanes of at least 4 members (excludes halogenated alkanes) is 1. The van der Waals surface area contributed by atoms with Gasteiger partial charge in [-0.2, -0.15) is 0 Å². The van der Waals surface area contributed by atoms with Gasteiger partial charge in [-0.15, -0.1) is 0 Å². The standard InChI is InChI=1S/C29H39F/c1-2-3-6-27-7-4-5-8-29(27)28-19-17-26(18-20-28)25-15-13-24(14-16-25)23-11-9-22(21-30)10-12-23/h4-5,7-8,13-16,22-23,26,28H,2-3,6,9-12,17-21H2,1H3. The minimum absolute atomic E-state index is 0.128. The van der Waals surface area contributed by atoms with Crippen LogP contribution in [0.15, 0.2) is 48.5 Å². The number of alkyl halides is 1. The van der Waals surface area contributed by atoms with E-state index in [2.05, 4.69) is 55.5 Å². The molecule has 2 aromatic rings. The second kappa shape index (κ2) is 10.6. The topological polar surface area (TPSA) is 0 Å². The molecule has 0 nitrogen and oxygen atoms in total. The summed E-state index contributed by atoms with van der Waals surface area (Å²) < 4.78 is 12.9. The molecule has 2 aromatic carbocycles. The molecule has 0 N–H and O–H groups in total. The van der Waals surface area contributed by atoms with Gasteiger partial charge in [-0.25, -0.2) is 0 Å². The summed E-state index contributed by atoms with van der Waals surface area (Å²) in [4.78, 5) is 0. The van der Waals surface area contributed by atoms with E-state index in [1.807, 2.05) is 0 Å². The molecule has 0 saturated heterocycles. The largest absolute Gasteiger partial charge is 0.251 e. The molecule has 0 radical (unpaired) electrons. The third-order valence-electron chi connectivity index (χ3n) is 7.97. The van der Waals surface area contributed by atoms with Gasteiger partial charge >= 0.3 is 0 Å². The van der Waals surface area contributed by atoms with Crippen LogP contribution < -0.4 is 0 Å². The maximum absolute atomic E-state index is 12.9. The highest BCUT2D eigenvalue weighted by Gasteiger charge is 2.26. The summed E-state index contributed by atoms with van der Waals surface area (Å²) in [7, 11) is 0. The highest BCUT2D eigenvalue weighted by molar-refractivity contribution is 5.32. The summed E-state index contributed by atoms with van der Waals surface area (Å²) in [5.41, 5.74) is 6.24. The van der Waals surface area contributed by atoms with Gasteiger partial charge in [-0.1, -0.05) is 61.9 Å². The molecule has 0 aromatic heterocycles. The molecule has 0 spiro atoms. The number of rotatable bonds is 7. The Morgan fingerprint density at radius 1 is 0.700 bits per heavy atom.